The fraction of sp³-hybridized carbons (Fsp3) is 0.188. The minimum Gasteiger partial charge on any atom is -0.497 e. The first kappa shape index (κ1) is 14.8. The van der Waals surface area contributed by atoms with Crippen molar-refractivity contribution in [1.29, 1.82) is 0 Å². The average molecular weight is 289 g/mol. The molecule has 2 rings (SSSR count). The van der Waals surface area contributed by atoms with Crippen LogP contribution in [0.5, 0.6) is 5.75 Å². The highest BCUT2D eigenvalue weighted by molar-refractivity contribution is 5.88. The molecule has 1 unspecified atom stereocenters. The molecule has 0 aromatic heterocycles. The number of nitrogens with one attached hydrogen (secondary N) is 1. The quantitative estimate of drug-likeness (QED) is 0.881. The molecular formula is C16H16FNO3. The van der Waals surface area contributed by atoms with Gasteiger partial charge in [0, 0.05) is 11.7 Å². The number of carboxylic acid groups (broad SMARTS) is 1. The van der Waals surface area contributed by atoms with E-state index >= 15 is 0 Å². The Hall–Kier alpha value is -2.56. The lowest BCUT2D eigenvalue weighted by molar-refractivity contribution is 0.0696. The van der Waals surface area contributed by atoms with Crippen molar-refractivity contribution in [1.82, 2.24) is 0 Å². The Bertz CT molecular complexity index is 640. The number of ether oxygens (including phenoxy) is 1. The molecule has 1 atom stereocenters. The first-order valence-electron chi connectivity index (χ1n) is 6.44. The van der Waals surface area contributed by atoms with E-state index in [4.69, 9.17) is 9.84 Å². The number of aromatic carboxylic acids is 1. The van der Waals surface area contributed by atoms with Crippen LogP contribution < -0.4 is 10.1 Å². The van der Waals surface area contributed by atoms with E-state index in [1.807, 2.05) is 31.2 Å². The molecule has 0 saturated heterocycles. The first-order chi connectivity index (χ1) is 9.99. The first-order valence-corrected chi connectivity index (χ1v) is 6.44. The van der Waals surface area contributed by atoms with Gasteiger partial charge in [0.25, 0.3) is 0 Å². The Morgan fingerprint density at radius 1 is 1.24 bits per heavy atom. The van der Waals surface area contributed by atoms with Gasteiger partial charge in [-0.1, -0.05) is 12.1 Å². The fourth-order valence-corrected chi connectivity index (χ4v) is 2.02. The van der Waals surface area contributed by atoms with Crippen LogP contribution >= 0.6 is 0 Å². The van der Waals surface area contributed by atoms with E-state index < -0.39 is 11.8 Å². The Labute approximate surface area is 122 Å². The number of anilines is 1. The Morgan fingerprint density at radius 3 is 2.48 bits per heavy atom. The van der Waals surface area contributed by atoms with Crippen LogP contribution in [-0.4, -0.2) is 18.2 Å². The second-order valence-corrected chi connectivity index (χ2v) is 4.67. The van der Waals surface area contributed by atoms with Gasteiger partial charge in [0.2, 0.25) is 0 Å². The van der Waals surface area contributed by atoms with Crippen molar-refractivity contribution < 1.29 is 19.0 Å². The van der Waals surface area contributed by atoms with Crippen LogP contribution in [0.2, 0.25) is 0 Å². The Kier molecular flexibility index (Phi) is 4.42. The predicted molar refractivity (Wildman–Crippen MR) is 78.4 cm³/mol. The standard InChI is InChI=1S/C16H16FNO3/c1-10(11-3-5-15(21-2)6-4-11)18-14-8-12(16(19)20)7-13(17)9-14/h3-10,18H,1-2H3,(H,19,20). The zero-order chi connectivity index (χ0) is 15.4. The maximum Gasteiger partial charge on any atom is 0.335 e. The zero-order valence-corrected chi connectivity index (χ0v) is 11.8. The molecule has 0 saturated carbocycles. The van der Waals surface area contributed by atoms with Crippen LogP contribution in [0.1, 0.15) is 28.9 Å². The molecule has 2 aromatic rings. The largest absolute Gasteiger partial charge is 0.497 e. The molecule has 5 heteroatoms. The van der Waals surface area contributed by atoms with Crippen LogP contribution in [0.25, 0.3) is 0 Å². The number of benzene rings is 2. The molecule has 21 heavy (non-hydrogen) atoms. The molecule has 0 bridgehead atoms. The van der Waals surface area contributed by atoms with Gasteiger partial charge in [-0.2, -0.15) is 0 Å². The highest BCUT2D eigenvalue weighted by Gasteiger charge is 2.10. The summed E-state index contributed by atoms with van der Waals surface area (Å²) in [5.74, 6) is -0.987. The third kappa shape index (κ3) is 3.72. The van der Waals surface area contributed by atoms with E-state index in [-0.39, 0.29) is 11.6 Å². The lowest BCUT2D eigenvalue weighted by Crippen LogP contribution is -2.08. The van der Waals surface area contributed by atoms with E-state index in [9.17, 15) is 9.18 Å². The van der Waals surface area contributed by atoms with Crippen LogP contribution in [0.15, 0.2) is 42.5 Å². The van der Waals surface area contributed by atoms with Crippen molar-refractivity contribution in [2.45, 2.75) is 13.0 Å². The number of carboxylic acids is 1. The third-order valence-electron chi connectivity index (χ3n) is 3.14. The van der Waals surface area contributed by atoms with E-state index in [2.05, 4.69) is 5.32 Å². The zero-order valence-electron chi connectivity index (χ0n) is 11.8. The summed E-state index contributed by atoms with van der Waals surface area (Å²) in [4.78, 5) is 10.9. The lowest BCUT2D eigenvalue weighted by atomic mass is 10.1. The van der Waals surface area contributed by atoms with Crippen LogP contribution in [-0.2, 0) is 0 Å². The molecule has 110 valence electrons. The molecule has 0 fully saturated rings. The Morgan fingerprint density at radius 2 is 1.90 bits per heavy atom. The number of carbonyl (C=O) groups is 1. The maximum atomic E-state index is 13.4. The molecule has 2 N–H and O–H groups in total. The molecule has 0 amide bonds. The molecule has 0 aliphatic rings. The second-order valence-electron chi connectivity index (χ2n) is 4.67. The number of hydrogen-bond acceptors (Lipinski definition) is 3. The summed E-state index contributed by atoms with van der Waals surface area (Å²) in [6.45, 7) is 1.91. The highest BCUT2D eigenvalue weighted by atomic mass is 19.1. The van der Waals surface area contributed by atoms with E-state index in [0.717, 1.165) is 17.4 Å². The lowest BCUT2D eigenvalue weighted by Gasteiger charge is -2.16. The molecule has 4 nitrogen and oxygen atoms in total. The summed E-state index contributed by atoms with van der Waals surface area (Å²) in [5.41, 5.74) is 1.33. The summed E-state index contributed by atoms with van der Waals surface area (Å²) >= 11 is 0. The van der Waals surface area contributed by atoms with Crippen molar-refractivity contribution in [2.75, 3.05) is 12.4 Å². The molecule has 0 aliphatic heterocycles. The second kappa shape index (κ2) is 6.26. The van der Waals surface area contributed by atoms with E-state index in [1.54, 1.807) is 7.11 Å². The van der Waals surface area contributed by atoms with Crippen LogP contribution in [0.3, 0.4) is 0 Å². The Balaban J connectivity index is 2.18. The van der Waals surface area contributed by atoms with Gasteiger partial charge in [-0.05, 0) is 42.8 Å². The van der Waals surface area contributed by atoms with Gasteiger partial charge < -0.3 is 15.2 Å². The maximum absolute atomic E-state index is 13.4. The summed E-state index contributed by atoms with van der Waals surface area (Å²) in [7, 11) is 1.59. The molecular weight excluding hydrogens is 273 g/mol. The van der Waals surface area contributed by atoms with E-state index in [1.165, 1.54) is 12.1 Å². The number of rotatable bonds is 5. The number of methoxy groups -OCH3 is 1. The van der Waals surface area contributed by atoms with Gasteiger partial charge in [0.05, 0.1) is 12.7 Å². The van der Waals surface area contributed by atoms with Crippen molar-refractivity contribution in [2.24, 2.45) is 0 Å². The summed E-state index contributed by atoms with van der Waals surface area (Å²) in [6.07, 6.45) is 0. The average Bonchev–Trinajstić information content (AvgIpc) is 2.46. The molecule has 0 heterocycles. The van der Waals surface area contributed by atoms with Crippen molar-refractivity contribution in [3.63, 3.8) is 0 Å². The van der Waals surface area contributed by atoms with Gasteiger partial charge in [0.15, 0.2) is 0 Å². The fourth-order valence-electron chi connectivity index (χ4n) is 2.02. The van der Waals surface area contributed by atoms with E-state index in [0.29, 0.717) is 5.69 Å². The number of hydrogen-bond donors (Lipinski definition) is 2. The molecule has 0 spiro atoms. The molecule has 0 radical (unpaired) electrons. The summed E-state index contributed by atoms with van der Waals surface area (Å²) in [5, 5.41) is 12.0. The predicted octanol–water partition coefficient (Wildman–Crippen LogP) is 3.71. The highest BCUT2D eigenvalue weighted by Crippen LogP contribution is 2.23. The SMILES string of the molecule is COc1ccc(C(C)Nc2cc(F)cc(C(=O)O)c2)cc1. The topological polar surface area (TPSA) is 58.6 Å². The van der Waals surface area contributed by atoms with Crippen LogP contribution in [0, 0.1) is 5.82 Å². The van der Waals surface area contributed by atoms with Crippen LogP contribution in [0.4, 0.5) is 10.1 Å². The van der Waals surface area contributed by atoms with Gasteiger partial charge in [-0.15, -0.1) is 0 Å². The summed E-state index contributed by atoms with van der Waals surface area (Å²) < 4.78 is 18.5. The third-order valence-corrected chi connectivity index (χ3v) is 3.14. The van der Waals surface area contributed by atoms with Gasteiger partial charge in [-0.3, -0.25) is 0 Å². The normalized spacial score (nSPS) is 11.8. The van der Waals surface area contributed by atoms with Crippen molar-refractivity contribution in [3.8, 4) is 5.75 Å². The van der Waals surface area contributed by atoms with Crippen molar-refractivity contribution in [3.05, 3.63) is 59.4 Å². The monoisotopic (exact) mass is 289 g/mol. The van der Waals surface area contributed by atoms with Gasteiger partial charge in [-0.25, -0.2) is 9.18 Å². The molecule has 0 aliphatic carbocycles. The van der Waals surface area contributed by atoms with Gasteiger partial charge in [0.1, 0.15) is 11.6 Å². The van der Waals surface area contributed by atoms with Crippen molar-refractivity contribution >= 4 is 11.7 Å². The number of halogens is 1. The molecule has 2 aromatic carbocycles. The smallest absolute Gasteiger partial charge is 0.335 e. The summed E-state index contributed by atoms with van der Waals surface area (Å²) in [6, 6.07) is 11.0. The minimum atomic E-state index is -1.16. The minimum absolute atomic E-state index is 0.0839. The van der Waals surface area contributed by atoms with Gasteiger partial charge >= 0.3 is 5.97 Å².